The maximum absolute atomic E-state index is 14.6. The molecule has 12 heteroatoms. The number of aromatic nitrogens is 3. The van der Waals surface area contributed by atoms with Crippen LogP contribution in [0.5, 0.6) is 0 Å². The molecule has 1 aliphatic heterocycles. The Morgan fingerprint density at radius 2 is 1.59 bits per heavy atom. The van der Waals surface area contributed by atoms with E-state index in [1.165, 1.54) is 22.6 Å². The van der Waals surface area contributed by atoms with E-state index in [0.717, 1.165) is 23.8 Å². The summed E-state index contributed by atoms with van der Waals surface area (Å²) in [5.41, 5.74) is 0.0321. The third-order valence-corrected chi connectivity index (χ3v) is 6.78. The smallest absolute Gasteiger partial charge is 0.335 e. The van der Waals surface area contributed by atoms with Crippen LogP contribution >= 0.6 is 0 Å². The summed E-state index contributed by atoms with van der Waals surface area (Å²) in [5, 5.41) is 3.82. The highest BCUT2D eigenvalue weighted by Crippen LogP contribution is 2.44. The number of carbonyl (C=O) groups excluding carboxylic acids is 1. The van der Waals surface area contributed by atoms with Gasteiger partial charge in [0, 0.05) is 44.4 Å². The molecule has 0 spiro atoms. The van der Waals surface area contributed by atoms with Gasteiger partial charge >= 0.3 is 12.1 Å². The zero-order valence-corrected chi connectivity index (χ0v) is 20.7. The second kappa shape index (κ2) is 9.99. The van der Waals surface area contributed by atoms with Gasteiger partial charge < -0.3 is 4.90 Å². The van der Waals surface area contributed by atoms with Gasteiger partial charge in [0.2, 0.25) is 0 Å². The van der Waals surface area contributed by atoms with E-state index in [0.29, 0.717) is 43.3 Å². The second-order valence-electron chi connectivity index (χ2n) is 9.40. The van der Waals surface area contributed by atoms with Crippen LogP contribution in [-0.4, -0.2) is 62.7 Å². The second-order valence-corrected chi connectivity index (χ2v) is 9.40. The molecule has 0 atom stereocenters. The van der Waals surface area contributed by atoms with Gasteiger partial charge in [-0.05, 0) is 48.4 Å². The first-order chi connectivity index (χ1) is 18.4. The Morgan fingerprint density at radius 1 is 0.923 bits per heavy atom. The van der Waals surface area contributed by atoms with Gasteiger partial charge in [-0.1, -0.05) is 24.3 Å². The zero-order valence-electron chi connectivity index (χ0n) is 20.7. The number of aryl methyl sites for hydroxylation is 1. The lowest BCUT2D eigenvalue weighted by Gasteiger charge is -2.34. The van der Waals surface area contributed by atoms with E-state index >= 15 is 0 Å². The topological polar surface area (TPSA) is 53.7 Å². The van der Waals surface area contributed by atoms with Crippen molar-refractivity contribution in [3.05, 3.63) is 89.0 Å². The minimum atomic E-state index is -5.93. The molecule has 5 rings (SSSR count). The maximum atomic E-state index is 14.6. The summed E-state index contributed by atoms with van der Waals surface area (Å²) < 4.78 is 83.0. The molecular formula is C27H23F6N5O. The van der Waals surface area contributed by atoms with Crippen molar-refractivity contribution in [2.45, 2.75) is 25.6 Å². The summed E-state index contributed by atoms with van der Waals surface area (Å²) >= 11 is 0. The van der Waals surface area contributed by atoms with Gasteiger partial charge in [0.25, 0.3) is 5.91 Å². The van der Waals surface area contributed by atoms with Crippen LogP contribution in [0.2, 0.25) is 0 Å². The van der Waals surface area contributed by atoms with Crippen molar-refractivity contribution in [3.63, 3.8) is 0 Å². The highest BCUT2D eigenvalue weighted by Gasteiger charge is 2.60. The molecule has 0 unspecified atom stereocenters. The lowest BCUT2D eigenvalue weighted by molar-refractivity contribution is -0.291. The Balaban J connectivity index is 1.43. The lowest BCUT2D eigenvalue weighted by Crippen LogP contribution is -2.48. The van der Waals surface area contributed by atoms with Crippen LogP contribution in [0.25, 0.3) is 16.9 Å². The van der Waals surface area contributed by atoms with Gasteiger partial charge in [0.15, 0.2) is 11.3 Å². The van der Waals surface area contributed by atoms with Crippen molar-refractivity contribution in [2.24, 2.45) is 0 Å². The summed E-state index contributed by atoms with van der Waals surface area (Å²) in [7, 11) is 0. The van der Waals surface area contributed by atoms with Crippen molar-refractivity contribution in [3.8, 4) is 11.3 Å². The Bertz CT molecular complexity index is 1510. The molecule has 1 amide bonds. The van der Waals surface area contributed by atoms with E-state index in [1.807, 2.05) is 31.2 Å². The van der Waals surface area contributed by atoms with Crippen LogP contribution < -0.4 is 0 Å². The standard InChI is InChI=1S/C27H23F6N5O/c1-17-4-2-3-5-19(17)16-36-10-12-37(13-11-36)25(39)22-15-24-34-21(18-6-8-20(28)9-7-18)14-23(38(24)35-22)26(29,30)27(31,32)33/h2-9,14-15H,10-13,16H2,1H3. The normalized spacial score (nSPS) is 15.2. The molecule has 0 aliphatic carbocycles. The molecule has 1 aliphatic rings. The average molecular weight is 548 g/mol. The number of nitrogens with zero attached hydrogens (tertiary/aromatic N) is 5. The molecule has 0 saturated carbocycles. The van der Waals surface area contributed by atoms with E-state index in [4.69, 9.17) is 0 Å². The first kappa shape index (κ1) is 26.7. The highest BCUT2D eigenvalue weighted by molar-refractivity contribution is 5.93. The third-order valence-electron chi connectivity index (χ3n) is 6.78. The summed E-state index contributed by atoms with van der Waals surface area (Å²) in [5.74, 6) is -6.51. The fraction of sp³-hybridized carbons (Fsp3) is 0.296. The fourth-order valence-corrected chi connectivity index (χ4v) is 4.52. The third kappa shape index (κ3) is 5.20. The van der Waals surface area contributed by atoms with Crippen LogP contribution in [0, 0.1) is 12.7 Å². The van der Waals surface area contributed by atoms with E-state index < -0.39 is 29.5 Å². The fourth-order valence-electron chi connectivity index (χ4n) is 4.52. The number of alkyl halides is 5. The SMILES string of the molecule is Cc1ccccc1CN1CCN(C(=O)c2cc3nc(-c4ccc(F)cc4)cc(C(F)(F)C(F)(F)F)n3n2)CC1. The van der Waals surface area contributed by atoms with E-state index in [1.54, 1.807) is 0 Å². The van der Waals surface area contributed by atoms with Crippen LogP contribution in [-0.2, 0) is 12.5 Å². The van der Waals surface area contributed by atoms with Crippen molar-refractivity contribution in [1.29, 1.82) is 0 Å². The average Bonchev–Trinajstić information content (AvgIpc) is 3.33. The molecule has 1 fully saturated rings. The van der Waals surface area contributed by atoms with Crippen molar-refractivity contribution in [2.75, 3.05) is 26.2 Å². The largest absolute Gasteiger partial charge is 0.459 e. The Hall–Kier alpha value is -3.93. The molecule has 39 heavy (non-hydrogen) atoms. The zero-order chi connectivity index (χ0) is 27.9. The molecule has 2 aromatic heterocycles. The molecular weight excluding hydrogens is 524 g/mol. The van der Waals surface area contributed by atoms with Gasteiger partial charge in [0.05, 0.1) is 5.69 Å². The van der Waals surface area contributed by atoms with Crippen molar-refractivity contribution in [1.82, 2.24) is 24.4 Å². The molecule has 2 aromatic carbocycles. The van der Waals surface area contributed by atoms with Crippen molar-refractivity contribution < 1.29 is 31.1 Å². The molecule has 0 radical (unpaired) electrons. The minimum Gasteiger partial charge on any atom is -0.335 e. The summed E-state index contributed by atoms with van der Waals surface area (Å²) in [4.78, 5) is 21.0. The number of hydrogen-bond acceptors (Lipinski definition) is 4. The molecule has 0 N–H and O–H groups in total. The number of piperazine rings is 1. The number of benzene rings is 2. The Morgan fingerprint density at radius 3 is 2.23 bits per heavy atom. The van der Waals surface area contributed by atoms with Crippen LogP contribution in [0.1, 0.15) is 27.3 Å². The number of amides is 1. The summed E-state index contributed by atoms with van der Waals surface area (Å²) in [6.45, 7) is 4.49. The summed E-state index contributed by atoms with van der Waals surface area (Å²) in [6, 6.07) is 14.1. The molecule has 1 saturated heterocycles. The number of carbonyl (C=O) groups is 1. The van der Waals surface area contributed by atoms with Gasteiger partial charge in [-0.25, -0.2) is 13.9 Å². The highest BCUT2D eigenvalue weighted by atomic mass is 19.4. The van der Waals surface area contributed by atoms with E-state index in [2.05, 4.69) is 15.0 Å². The molecule has 3 heterocycles. The predicted molar refractivity (Wildman–Crippen MR) is 131 cm³/mol. The Kier molecular flexibility index (Phi) is 6.83. The Labute approximate surface area is 219 Å². The first-order valence-electron chi connectivity index (χ1n) is 12.1. The van der Waals surface area contributed by atoms with Gasteiger partial charge in [-0.15, -0.1) is 0 Å². The minimum absolute atomic E-state index is 0.122. The molecule has 4 aromatic rings. The predicted octanol–water partition coefficient (Wildman–Crippen LogP) is 5.46. The quantitative estimate of drug-likeness (QED) is 0.312. The first-order valence-corrected chi connectivity index (χ1v) is 12.1. The molecule has 0 bridgehead atoms. The molecule has 6 nitrogen and oxygen atoms in total. The van der Waals surface area contributed by atoms with Crippen LogP contribution in [0.15, 0.2) is 60.7 Å². The summed E-state index contributed by atoms with van der Waals surface area (Å²) in [6.07, 6.45) is -5.93. The van der Waals surface area contributed by atoms with Crippen LogP contribution in [0.4, 0.5) is 26.3 Å². The number of rotatable bonds is 5. The maximum Gasteiger partial charge on any atom is 0.459 e. The number of hydrogen-bond donors (Lipinski definition) is 0. The van der Waals surface area contributed by atoms with E-state index in [9.17, 15) is 31.1 Å². The van der Waals surface area contributed by atoms with Gasteiger partial charge in [-0.3, -0.25) is 9.69 Å². The van der Waals surface area contributed by atoms with Gasteiger partial charge in [-0.2, -0.15) is 27.1 Å². The van der Waals surface area contributed by atoms with Gasteiger partial charge in [0.1, 0.15) is 11.5 Å². The van der Waals surface area contributed by atoms with E-state index in [-0.39, 0.29) is 22.6 Å². The number of halogens is 6. The lowest BCUT2D eigenvalue weighted by atomic mass is 10.1. The van der Waals surface area contributed by atoms with Crippen LogP contribution in [0.3, 0.4) is 0 Å². The van der Waals surface area contributed by atoms with Crippen molar-refractivity contribution >= 4 is 11.6 Å². The number of fused-ring (bicyclic) bond motifs is 1. The monoisotopic (exact) mass is 547 g/mol. The molecule has 204 valence electrons.